The average Bonchev–Trinajstić information content (AvgIpc) is 2.79. The Hall–Kier alpha value is -2.45. The van der Waals surface area contributed by atoms with Gasteiger partial charge in [0.15, 0.2) is 0 Å². The van der Waals surface area contributed by atoms with Crippen molar-refractivity contribution < 1.29 is 17.6 Å². The second-order valence-corrected chi connectivity index (χ2v) is 10.2. The minimum absolute atomic E-state index is 0.0839. The van der Waals surface area contributed by atoms with Crippen LogP contribution >= 0.6 is 0 Å². The van der Waals surface area contributed by atoms with E-state index in [1.54, 1.807) is 36.4 Å². The first kappa shape index (κ1) is 21.8. The molecule has 0 unspecified atom stereocenters. The topological polar surface area (TPSA) is 60.9 Å². The summed E-state index contributed by atoms with van der Waals surface area (Å²) in [6.45, 7) is 4.90. The molecule has 2 aromatic carbocycles. The van der Waals surface area contributed by atoms with Crippen molar-refractivity contribution in [3.8, 4) is 0 Å². The van der Waals surface area contributed by atoms with Crippen molar-refractivity contribution in [1.82, 2.24) is 9.21 Å². The lowest BCUT2D eigenvalue weighted by Crippen LogP contribution is -2.52. The van der Waals surface area contributed by atoms with Crippen LogP contribution < -0.4 is 4.90 Å². The third-order valence-electron chi connectivity index (χ3n) is 6.25. The largest absolute Gasteiger partial charge is 0.366 e. The number of hydrogen-bond acceptors (Lipinski definition) is 4. The van der Waals surface area contributed by atoms with Gasteiger partial charge in [0.25, 0.3) is 0 Å². The Morgan fingerprint density at radius 1 is 0.903 bits per heavy atom. The summed E-state index contributed by atoms with van der Waals surface area (Å²) in [5.74, 6) is -0.325. The fourth-order valence-corrected chi connectivity index (χ4v) is 5.81. The number of halogens is 1. The molecule has 0 N–H and O–H groups in total. The van der Waals surface area contributed by atoms with E-state index in [1.807, 2.05) is 22.8 Å². The van der Waals surface area contributed by atoms with Gasteiger partial charge in [0.1, 0.15) is 5.82 Å². The van der Waals surface area contributed by atoms with Crippen LogP contribution in [0.1, 0.15) is 18.4 Å². The van der Waals surface area contributed by atoms with Gasteiger partial charge in [-0.05, 0) is 44.0 Å². The maximum Gasteiger partial charge on any atom is 0.243 e. The van der Waals surface area contributed by atoms with E-state index in [9.17, 15) is 17.6 Å². The summed E-state index contributed by atoms with van der Waals surface area (Å²) < 4.78 is 41.2. The molecule has 8 heteroatoms. The van der Waals surface area contributed by atoms with Gasteiger partial charge >= 0.3 is 0 Å². The zero-order valence-corrected chi connectivity index (χ0v) is 18.5. The summed E-state index contributed by atoms with van der Waals surface area (Å²) in [6.07, 6.45) is 1.05. The number of carbonyl (C=O) groups excluding carboxylic acids is 1. The first-order valence-electron chi connectivity index (χ1n) is 10.7. The number of rotatable bonds is 4. The number of piperidine rings is 1. The second kappa shape index (κ2) is 8.96. The summed E-state index contributed by atoms with van der Waals surface area (Å²) in [7, 11) is -3.53. The van der Waals surface area contributed by atoms with E-state index in [4.69, 9.17) is 0 Å². The molecule has 2 saturated heterocycles. The smallest absolute Gasteiger partial charge is 0.243 e. The molecular weight excluding hydrogens is 417 g/mol. The molecule has 2 fully saturated rings. The molecule has 2 heterocycles. The van der Waals surface area contributed by atoms with Gasteiger partial charge < -0.3 is 9.80 Å². The van der Waals surface area contributed by atoms with Gasteiger partial charge in [-0.15, -0.1) is 0 Å². The number of hydrogen-bond donors (Lipinski definition) is 0. The lowest BCUT2D eigenvalue weighted by Gasteiger charge is -2.39. The quantitative estimate of drug-likeness (QED) is 0.726. The Kier molecular flexibility index (Phi) is 6.29. The second-order valence-electron chi connectivity index (χ2n) is 8.26. The number of piperazine rings is 1. The van der Waals surface area contributed by atoms with Crippen molar-refractivity contribution >= 4 is 21.6 Å². The lowest BCUT2D eigenvalue weighted by molar-refractivity contribution is -0.137. The summed E-state index contributed by atoms with van der Waals surface area (Å²) >= 11 is 0. The Labute approximate surface area is 183 Å². The van der Waals surface area contributed by atoms with Crippen LogP contribution in [0.4, 0.5) is 10.1 Å². The molecule has 0 aromatic heterocycles. The number of sulfonamides is 1. The minimum atomic E-state index is -3.53. The van der Waals surface area contributed by atoms with Crippen LogP contribution in [0.5, 0.6) is 0 Å². The molecule has 1 amide bonds. The number of para-hydroxylation sites is 1. The van der Waals surface area contributed by atoms with E-state index in [-0.39, 0.29) is 17.6 Å². The molecule has 166 valence electrons. The van der Waals surface area contributed by atoms with E-state index in [0.717, 1.165) is 5.56 Å². The fraction of sp³-hybridized carbons (Fsp3) is 0.435. The predicted molar refractivity (Wildman–Crippen MR) is 118 cm³/mol. The molecule has 2 aliphatic heterocycles. The normalized spacial score (nSPS) is 18.9. The number of nitrogens with zero attached hydrogens (tertiary/aromatic N) is 3. The van der Waals surface area contributed by atoms with Crippen LogP contribution in [0.3, 0.4) is 0 Å². The van der Waals surface area contributed by atoms with Crippen LogP contribution in [0.2, 0.25) is 0 Å². The summed E-state index contributed by atoms with van der Waals surface area (Å²) in [4.78, 5) is 17.1. The highest BCUT2D eigenvalue weighted by molar-refractivity contribution is 7.89. The Morgan fingerprint density at radius 3 is 2.13 bits per heavy atom. The van der Waals surface area contributed by atoms with Crippen molar-refractivity contribution in [3.63, 3.8) is 0 Å². The molecular formula is C23H28FN3O3S. The van der Waals surface area contributed by atoms with Crippen molar-refractivity contribution in [1.29, 1.82) is 0 Å². The molecule has 0 bridgehead atoms. The Morgan fingerprint density at radius 2 is 1.52 bits per heavy atom. The molecule has 4 rings (SSSR count). The third kappa shape index (κ3) is 4.60. The molecule has 0 aliphatic carbocycles. The van der Waals surface area contributed by atoms with Gasteiger partial charge in [-0.25, -0.2) is 12.8 Å². The van der Waals surface area contributed by atoms with E-state index >= 15 is 0 Å². The summed E-state index contributed by atoms with van der Waals surface area (Å²) in [6, 6.07) is 13.6. The summed E-state index contributed by atoms with van der Waals surface area (Å²) in [5.41, 5.74) is 1.59. The molecule has 2 aliphatic rings. The van der Waals surface area contributed by atoms with E-state index in [0.29, 0.717) is 62.7 Å². The monoisotopic (exact) mass is 445 g/mol. The highest BCUT2D eigenvalue weighted by Gasteiger charge is 2.34. The molecule has 0 radical (unpaired) electrons. The van der Waals surface area contributed by atoms with E-state index < -0.39 is 10.0 Å². The van der Waals surface area contributed by atoms with Gasteiger partial charge in [0.2, 0.25) is 15.9 Å². The molecule has 6 nitrogen and oxygen atoms in total. The van der Waals surface area contributed by atoms with Gasteiger partial charge in [0.05, 0.1) is 10.6 Å². The van der Waals surface area contributed by atoms with Crippen molar-refractivity contribution in [2.45, 2.75) is 24.7 Å². The number of carbonyl (C=O) groups is 1. The van der Waals surface area contributed by atoms with Crippen LogP contribution in [-0.4, -0.2) is 62.8 Å². The third-order valence-corrected chi connectivity index (χ3v) is 8.16. The van der Waals surface area contributed by atoms with Crippen LogP contribution in [0.15, 0.2) is 53.4 Å². The van der Waals surface area contributed by atoms with Gasteiger partial charge in [-0.1, -0.05) is 29.8 Å². The van der Waals surface area contributed by atoms with E-state index in [2.05, 4.69) is 0 Å². The predicted octanol–water partition coefficient (Wildman–Crippen LogP) is 2.88. The Balaban J connectivity index is 1.32. The number of amides is 1. The van der Waals surface area contributed by atoms with Gasteiger partial charge in [0, 0.05) is 45.2 Å². The molecule has 0 spiro atoms. The zero-order chi connectivity index (χ0) is 22.0. The maximum absolute atomic E-state index is 14.0. The fourth-order valence-electron chi connectivity index (χ4n) is 4.34. The van der Waals surface area contributed by atoms with Gasteiger partial charge in [-0.3, -0.25) is 4.79 Å². The molecule has 0 saturated carbocycles. The summed E-state index contributed by atoms with van der Waals surface area (Å²) in [5, 5.41) is 0. The van der Waals surface area contributed by atoms with Crippen molar-refractivity contribution in [2.24, 2.45) is 5.92 Å². The minimum Gasteiger partial charge on any atom is -0.366 e. The van der Waals surface area contributed by atoms with Crippen LogP contribution in [0.25, 0.3) is 0 Å². The first-order chi connectivity index (χ1) is 14.9. The molecule has 0 atom stereocenters. The molecule has 2 aromatic rings. The standard InChI is InChI=1S/C23H28FN3O3S/c1-18-6-8-20(9-7-18)31(29,30)27-12-10-19(11-13-27)23(28)26-16-14-25(15-17-26)22-5-3-2-4-21(22)24/h2-9,19H,10-17H2,1H3. The highest BCUT2D eigenvalue weighted by Crippen LogP contribution is 2.26. The van der Waals surface area contributed by atoms with Crippen molar-refractivity contribution in [2.75, 3.05) is 44.2 Å². The van der Waals surface area contributed by atoms with E-state index in [1.165, 1.54) is 10.4 Å². The van der Waals surface area contributed by atoms with Crippen molar-refractivity contribution in [3.05, 3.63) is 59.9 Å². The highest BCUT2D eigenvalue weighted by atomic mass is 32.2. The van der Waals surface area contributed by atoms with Crippen LogP contribution in [0, 0.1) is 18.7 Å². The zero-order valence-electron chi connectivity index (χ0n) is 17.7. The average molecular weight is 446 g/mol. The van der Waals surface area contributed by atoms with Gasteiger partial charge in [-0.2, -0.15) is 4.31 Å². The lowest BCUT2D eigenvalue weighted by atomic mass is 9.96. The van der Waals surface area contributed by atoms with Crippen LogP contribution in [-0.2, 0) is 14.8 Å². The maximum atomic E-state index is 14.0. The first-order valence-corrected chi connectivity index (χ1v) is 12.2. The molecule has 31 heavy (non-hydrogen) atoms. The number of aryl methyl sites for hydroxylation is 1. The SMILES string of the molecule is Cc1ccc(S(=O)(=O)N2CCC(C(=O)N3CCN(c4ccccc4F)CC3)CC2)cc1. The number of benzene rings is 2. The number of anilines is 1. The Bertz CT molecular complexity index is 1030.